The first-order valence-electron chi connectivity index (χ1n) is 8.41. The summed E-state index contributed by atoms with van der Waals surface area (Å²) in [6, 6.07) is 14.3. The fraction of sp³-hybridized carbons (Fsp3) is 0.250. The van der Waals surface area contributed by atoms with E-state index >= 15 is 0 Å². The van der Waals surface area contributed by atoms with Crippen molar-refractivity contribution in [3.05, 3.63) is 70.6 Å². The van der Waals surface area contributed by atoms with Crippen molar-refractivity contribution in [1.82, 2.24) is 15.5 Å². The molecular formula is C20H20ClN3O2. The zero-order valence-electron chi connectivity index (χ0n) is 14.9. The zero-order chi connectivity index (χ0) is 18.7. The highest BCUT2D eigenvalue weighted by atomic mass is 35.5. The molecule has 26 heavy (non-hydrogen) atoms. The Kier molecular flexibility index (Phi) is 5.38. The van der Waals surface area contributed by atoms with Crippen molar-refractivity contribution in [1.29, 1.82) is 0 Å². The lowest BCUT2D eigenvalue weighted by atomic mass is 10.0. The zero-order valence-corrected chi connectivity index (χ0v) is 15.6. The minimum absolute atomic E-state index is 0.0811. The van der Waals surface area contributed by atoms with Gasteiger partial charge in [0.05, 0.1) is 0 Å². The molecule has 5 nitrogen and oxygen atoms in total. The Balaban J connectivity index is 1.84. The van der Waals surface area contributed by atoms with Gasteiger partial charge >= 0.3 is 0 Å². The van der Waals surface area contributed by atoms with Gasteiger partial charge in [-0.3, -0.25) is 4.79 Å². The van der Waals surface area contributed by atoms with E-state index in [0.717, 1.165) is 11.1 Å². The molecule has 0 saturated heterocycles. The first-order valence-corrected chi connectivity index (χ1v) is 8.79. The molecule has 0 aliphatic rings. The van der Waals surface area contributed by atoms with Gasteiger partial charge in [0, 0.05) is 16.1 Å². The fourth-order valence-electron chi connectivity index (χ4n) is 2.54. The molecule has 3 aromatic rings. The molecular weight excluding hydrogens is 350 g/mol. The standard InChI is InChI=1S/C20H20ClN3O2/c1-12(2)17(22-19(25)14-7-5-4-6-8-14)20-23-18(24-26-20)15-10-9-13(3)16(21)11-15/h4-12,17H,1-3H3,(H,22,25)/t17-/m1/s1. The average molecular weight is 370 g/mol. The Morgan fingerprint density at radius 1 is 1.15 bits per heavy atom. The lowest BCUT2D eigenvalue weighted by Crippen LogP contribution is -2.32. The molecule has 0 aliphatic carbocycles. The maximum atomic E-state index is 12.5. The number of nitrogens with zero attached hydrogens (tertiary/aromatic N) is 2. The summed E-state index contributed by atoms with van der Waals surface area (Å²) in [5.41, 5.74) is 2.34. The van der Waals surface area contributed by atoms with Crippen molar-refractivity contribution < 1.29 is 9.32 Å². The Morgan fingerprint density at radius 2 is 1.88 bits per heavy atom. The second kappa shape index (κ2) is 7.70. The molecule has 1 heterocycles. The molecule has 1 N–H and O–H groups in total. The lowest BCUT2D eigenvalue weighted by molar-refractivity contribution is 0.0914. The van der Waals surface area contributed by atoms with E-state index in [9.17, 15) is 4.79 Å². The number of halogens is 1. The predicted octanol–water partition coefficient (Wildman–Crippen LogP) is 4.83. The summed E-state index contributed by atoms with van der Waals surface area (Å²) >= 11 is 6.18. The van der Waals surface area contributed by atoms with Crippen LogP contribution in [0.5, 0.6) is 0 Å². The van der Waals surface area contributed by atoms with Crippen LogP contribution in [-0.4, -0.2) is 16.0 Å². The lowest BCUT2D eigenvalue weighted by Gasteiger charge is -2.18. The molecule has 0 unspecified atom stereocenters. The van der Waals surface area contributed by atoms with Crippen LogP contribution >= 0.6 is 11.6 Å². The highest BCUT2D eigenvalue weighted by Crippen LogP contribution is 2.26. The topological polar surface area (TPSA) is 68.0 Å². The summed E-state index contributed by atoms with van der Waals surface area (Å²) in [5, 5.41) is 7.66. The van der Waals surface area contributed by atoms with Gasteiger partial charge in [0.25, 0.3) is 5.91 Å². The second-order valence-electron chi connectivity index (χ2n) is 6.48. The van der Waals surface area contributed by atoms with Gasteiger partial charge in [-0.1, -0.05) is 60.9 Å². The van der Waals surface area contributed by atoms with E-state index in [1.54, 1.807) is 18.2 Å². The molecule has 0 radical (unpaired) electrons. The average Bonchev–Trinajstić information content (AvgIpc) is 3.12. The number of nitrogens with one attached hydrogen (secondary N) is 1. The highest BCUT2D eigenvalue weighted by molar-refractivity contribution is 6.31. The van der Waals surface area contributed by atoms with Crippen LogP contribution < -0.4 is 5.32 Å². The third-order valence-electron chi connectivity index (χ3n) is 4.13. The molecule has 0 saturated carbocycles. The third kappa shape index (κ3) is 3.94. The van der Waals surface area contributed by atoms with E-state index in [-0.39, 0.29) is 17.9 Å². The van der Waals surface area contributed by atoms with E-state index in [0.29, 0.717) is 22.3 Å². The molecule has 3 rings (SSSR count). The summed E-state index contributed by atoms with van der Waals surface area (Å²) in [5.74, 6) is 0.720. The fourth-order valence-corrected chi connectivity index (χ4v) is 2.72. The second-order valence-corrected chi connectivity index (χ2v) is 6.89. The molecule has 134 valence electrons. The van der Waals surface area contributed by atoms with Gasteiger partial charge in [0.15, 0.2) is 0 Å². The summed E-state index contributed by atoms with van der Waals surface area (Å²) in [7, 11) is 0. The van der Waals surface area contributed by atoms with Crippen LogP contribution in [0.15, 0.2) is 53.1 Å². The van der Waals surface area contributed by atoms with Crippen molar-refractivity contribution in [3.63, 3.8) is 0 Å². The van der Waals surface area contributed by atoms with Crippen LogP contribution in [0.4, 0.5) is 0 Å². The molecule has 0 spiro atoms. The molecule has 2 aromatic carbocycles. The first kappa shape index (κ1) is 18.1. The number of amides is 1. The Labute approximate surface area is 157 Å². The van der Waals surface area contributed by atoms with Gasteiger partial charge in [-0.15, -0.1) is 0 Å². The molecule has 0 fully saturated rings. The summed E-state index contributed by atoms with van der Waals surface area (Å²) < 4.78 is 5.43. The number of hydrogen-bond donors (Lipinski definition) is 1. The van der Waals surface area contributed by atoms with E-state index in [1.807, 2.05) is 51.1 Å². The SMILES string of the molecule is Cc1ccc(-c2noc([C@H](NC(=O)c3ccccc3)C(C)C)n2)cc1Cl. The quantitative estimate of drug-likeness (QED) is 0.699. The van der Waals surface area contributed by atoms with Crippen molar-refractivity contribution in [3.8, 4) is 11.4 Å². The number of carbonyl (C=O) groups is 1. The van der Waals surface area contributed by atoms with Crippen LogP contribution in [0.1, 0.15) is 41.7 Å². The van der Waals surface area contributed by atoms with Crippen LogP contribution in [0, 0.1) is 12.8 Å². The molecule has 1 atom stereocenters. The summed E-state index contributed by atoms with van der Waals surface area (Å²) in [6.07, 6.45) is 0. The van der Waals surface area contributed by atoms with Crippen LogP contribution in [0.25, 0.3) is 11.4 Å². The normalized spacial score (nSPS) is 12.2. The molecule has 6 heteroatoms. The smallest absolute Gasteiger partial charge is 0.251 e. The van der Waals surface area contributed by atoms with E-state index in [2.05, 4.69) is 15.5 Å². The number of carbonyl (C=O) groups excluding carboxylic acids is 1. The number of hydrogen-bond acceptors (Lipinski definition) is 4. The predicted molar refractivity (Wildman–Crippen MR) is 101 cm³/mol. The Hall–Kier alpha value is -2.66. The van der Waals surface area contributed by atoms with E-state index < -0.39 is 0 Å². The minimum atomic E-state index is -0.384. The number of aryl methyl sites for hydroxylation is 1. The van der Waals surface area contributed by atoms with Crippen LogP contribution in [0.3, 0.4) is 0 Å². The maximum absolute atomic E-state index is 12.5. The number of rotatable bonds is 5. The van der Waals surface area contributed by atoms with Crippen LogP contribution in [0.2, 0.25) is 5.02 Å². The van der Waals surface area contributed by atoms with Crippen molar-refractivity contribution in [2.75, 3.05) is 0 Å². The van der Waals surface area contributed by atoms with Crippen LogP contribution in [-0.2, 0) is 0 Å². The van der Waals surface area contributed by atoms with E-state index in [1.165, 1.54) is 0 Å². The summed E-state index contributed by atoms with van der Waals surface area (Å²) in [6.45, 7) is 5.91. The molecule has 1 amide bonds. The minimum Gasteiger partial charge on any atom is -0.340 e. The van der Waals surface area contributed by atoms with E-state index in [4.69, 9.17) is 16.1 Å². The van der Waals surface area contributed by atoms with Crippen molar-refractivity contribution >= 4 is 17.5 Å². The summed E-state index contributed by atoms with van der Waals surface area (Å²) in [4.78, 5) is 16.9. The molecule has 0 aliphatic heterocycles. The van der Waals surface area contributed by atoms with Gasteiger partial charge in [0.2, 0.25) is 11.7 Å². The third-order valence-corrected chi connectivity index (χ3v) is 4.53. The van der Waals surface area contributed by atoms with Crippen molar-refractivity contribution in [2.24, 2.45) is 5.92 Å². The highest BCUT2D eigenvalue weighted by Gasteiger charge is 2.25. The van der Waals surface area contributed by atoms with Crippen molar-refractivity contribution in [2.45, 2.75) is 26.8 Å². The van der Waals surface area contributed by atoms with Gasteiger partial charge < -0.3 is 9.84 Å². The first-order chi connectivity index (χ1) is 12.5. The largest absolute Gasteiger partial charge is 0.340 e. The molecule has 1 aromatic heterocycles. The Morgan fingerprint density at radius 3 is 2.54 bits per heavy atom. The monoisotopic (exact) mass is 369 g/mol. The van der Waals surface area contributed by atoms with Gasteiger partial charge in [-0.25, -0.2) is 0 Å². The molecule has 0 bridgehead atoms. The number of benzene rings is 2. The van der Waals surface area contributed by atoms with Gasteiger partial charge in [-0.2, -0.15) is 4.98 Å². The number of aromatic nitrogens is 2. The maximum Gasteiger partial charge on any atom is 0.251 e. The van der Waals surface area contributed by atoms with Gasteiger partial charge in [-0.05, 0) is 36.6 Å². The van der Waals surface area contributed by atoms with Gasteiger partial charge in [0.1, 0.15) is 6.04 Å². The Bertz CT molecular complexity index is 906.